The zero-order chi connectivity index (χ0) is 19.2. The van der Waals surface area contributed by atoms with Crippen LogP contribution in [-0.4, -0.2) is 28.9 Å². The highest BCUT2D eigenvalue weighted by atomic mass is 16.5. The van der Waals surface area contributed by atoms with E-state index in [9.17, 15) is 9.59 Å². The van der Waals surface area contributed by atoms with Gasteiger partial charge in [0.05, 0.1) is 13.2 Å². The summed E-state index contributed by atoms with van der Waals surface area (Å²) in [6, 6.07) is 16.1. The lowest BCUT2D eigenvalue weighted by molar-refractivity contribution is 0.0756. The Kier molecular flexibility index (Phi) is 5.71. The molecule has 0 saturated carbocycles. The summed E-state index contributed by atoms with van der Waals surface area (Å²) < 4.78 is 5.66. The zero-order valence-electron chi connectivity index (χ0n) is 15.3. The van der Waals surface area contributed by atoms with Crippen LogP contribution < -0.4 is 10.2 Å². The van der Waals surface area contributed by atoms with Crippen molar-refractivity contribution in [2.45, 2.75) is 13.5 Å². The van der Waals surface area contributed by atoms with Gasteiger partial charge in [-0.15, -0.1) is 6.58 Å². The molecule has 1 heterocycles. The number of hydrogen-bond acceptors (Lipinski definition) is 3. The van der Waals surface area contributed by atoms with Crippen LogP contribution in [-0.2, 0) is 6.54 Å². The van der Waals surface area contributed by atoms with Crippen LogP contribution in [0.5, 0.6) is 5.75 Å². The number of hydrogen-bond donors (Lipinski definition) is 1. The molecular weight excluding hydrogens is 340 g/mol. The van der Waals surface area contributed by atoms with E-state index in [1.807, 2.05) is 37.3 Å². The van der Waals surface area contributed by atoms with Crippen molar-refractivity contribution in [3.05, 3.63) is 88.7 Å². The Morgan fingerprint density at radius 2 is 1.93 bits per heavy atom. The topological polar surface area (TPSA) is 62.4 Å². The van der Waals surface area contributed by atoms with Crippen molar-refractivity contribution in [2.24, 2.45) is 0 Å². The van der Waals surface area contributed by atoms with E-state index in [2.05, 4.69) is 11.6 Å². The van der Waals surface area contributed by atoms with Crippen LogP contribution in [0.15, 0.2) is 72.0 Å². The lowest BCUT2D eigenvalue weighted by Gasteiger charge is -2.22. The van der Waals surface area contributed by atoms with Crippen LogP contribution in [0.25, 0.3) is 10.9 Å². The Morgan fingerprint density at radius 1 is 1.19 bits per heavy atom. The SMILES string of the molecule is C=CCN(Cc1ccccc1OCC)C(=O)c1cc(=O)c2ccccc2[nH]1. The lowest BCUT2D eigenvalue weighted by atomic mass is 10.1. The number of fused-ring (bicyclic) bond motifs is 1. The number of pyridine rings is 1. The second kappa shape index (κ2) is 8.36. The van der Waals surface area contributed by atoms with Crippen molar-refractivity contribution in [1.29, 1.82) is 0 Å². The van der Waals surface area contributed by atoms with Crippen molar-refractivity contribution < 1.29 is 9.53 Å². The van der Waals surface area contributed by atoms with Gasteiger partial charge in [-0.25, -0.2) is 0 Å². The second-order valence-corrected chi connectivity index (χ2v) is 6.11. The maximum absolute atomic E-state index is 13.1. The standard InChI is InChI=1S/C22H22N2O3/c1-3-13-24(15-16-9-5-8-12-21(16)27-4-2)22(26)19-14-20(25)17-10-6-7-11-18(17)23-19/h3,5-12,14H,1,4,13,15H2,2H3,(H,23,25). The zero-order valence-corrected chi connectivity index (χ0v) is 15.3. The van der Waals surface area contributed by atoms with Gasteiger partial charge in [0.2, 0.25) is 0 Å². The van der Waals surface area contributed by atoms with Gasteiger partial charge < -0.3 is 14.6 Å². The highest BCUT2D eigenvalue weighted by Crippen LogP contribution is 2.21. The lowest BCUT2D eigenvalue weighted by Crippen LogP contribution is -2.32. The fourth-order valence-electron chi connectivity index (χ4n) is 2.99. The van der Waals surface area contributed by atoms with E-state index in [4.69, 9.17) is 4.74 Å². The van der Waals surface area contributed by atoms with Gasteiger partial charge in [-0.2, -0.15) is 0 Å². The van der Waals surface area contributed by atoms with Gasteiger partial charge in [0.15, 0.2) is 5.43 Å². The Morgan fingerprint density at radius 3 is 2.70 bits per heavy atom. The van der Waals surface area contributed by atoms with Gasteiger partial charge >= 0.3 is 0 Å². The fraction of sp³-hybridized carbons (Fsp3) is 0.182. The van der Waals surface area contributed by atoms with E-state index in [-0.39, 0.29) is 17.0 Å². The van der Waals surface area contributed by atoms with Gasteiger partial charge in [0, 0.05) is 29.1 Å². The molecule has 0 aliphatic carbocycles. The predicted molar refractivity (Wildman–Crippen MR) is 107 cm³/mol. The summed E-state index contributed by atoms with van der Waals surface area (Å²) in [5, 5.41) is 0.561. The first-order valence-corrected chi connectivity index (χ1v) is 8.87. The van der Waals surface area contributed by atoms with Crippen LogP contribution in [0.3, 0.4) is 0 Å². The average molecular weight is 362 g/mol. The highest BCUT2D eigenvalue weighted by Gasteiger charge is 2.18. The van der Waals surface area contributed by atoms with Gasteiger partial charge in [0.25, 0.3) is 5.91 Å². The molecule has 0 bridgehead atoms. The van der Waals surface area contributed by atoms with Crippen LogP contribution in [0.2, 0.25) is 0 Å². The molecule has 1 amide bonds. The number of amides is 1. The van der Waals surface area contributed by atoms with Crippen molar-refractivity contribution in [2.75, 3.05) is 13.2 Å². The van der Waals surface area contributed by atoms with E-state index < -0.39 is 0 Å². The maximum atomic E-state index is 13.1. The second-order valence-electron chi connectivity index (χ2n) is 6.11. The van der Waals surface area contributed by atoms with Crippen molar-refractivity contribution in [3.8, 4) is 5.75 Å². The van der Waals surface area contributed by atoms with Gasteiger partial charge in [-0.1, -0.05) is 36.4 Å². The molecule has 0 atom stereocenters. The number of nitrogens with zero attached hydrogens (tertiary/aromatic N) is 1. The molecule has 0 radical (unpaired) electrons. The minimum atomic E-state index is -0.260. The number of carbonyl (C=O) groups is 1. The molecule has 5 heteroatoms. The number of aromatic nitrogens is 1. The molecule has 0 aliphatic heterocycles. The van der Waals surface area contributed by atoms with Crippen LogP contribution >= 0.6 is 0 Å². The molecule has 1 N–H and O–H groups in total. The molecule has 0 unspecified atom stereocenters. The molecule has 1 aromatic heterocycles. The van der Waals surface area contributed by atoms with Crippen molar-refractivity contribution in [1.82, 2.24) is 9.88 Å². The Balaban J connectivity index is 1.94. The molecule has 27 heavy (non-hydrogen) atoms. The summed E-state index contributed by atoms with van der Waals surface area (Å²) in [4.78, 5) is 30.1. The normalized spacial score (nSPS) is 10.6. The third-order valence-corrected chi connectivity index (χ3v) is 4.24. The quantitative estimate of drug-likeness (QED) is 0.651. The number of nitrogens with one attached hydrogen (secondary N) is 1. The summed E-state index contributed by atoms with van der Waals surface area (Å²) in [6.45, 7) is 6.93. The monoisotopic (exact) mass is 362 g/mol. The molecule has 5 nitrogen and oxygen atoms in total. The number of rotatable bonds is 7. The molecular formula is C22H22N2O3. The third kappa shape index (κ3) is 4.08. The fourth-order valence-corrected chi connectivity index (χ4v) is 2.99. The molecule has 0 saturated heterocycles. The van der Waals surface area contributed by atoms with E-state index >= 15 is 0 Å². The number of aromatic amines is 1. The minimum absolute atomic E-state index is 0.180. The van der Waals surface area contributed by atoms with Crippen LogP contribution in [0, 0.1) is 0 Å². The number of para-hydroxylation sites is 2. The van der Waals surface area contributed by atoms with Crippen molar-refractivity contribution >= 4 is 16.8 Å². The smallest absolute Gasteiger partial charge is 0.271 e. The molecule has 2 aromatic carbocycles. The summed E-state index contributed by atoms with van der Waals surface area (Å²) in [5.74, 6) is 0.484. The number of H-pyrrole nitrogens is 1. The van der Waals surface area contributed by atoms with Gasteiger partial charge in [-0.3, -0.25) is 9.59 Å². The summed E-state index contributed by atoms with van der Waals surface area (Å²) >= 11 is 0. The summed E-state index contributed by atoms with van der Waals surface area (Å²) in [5.41, 5.74) is 1.62. The molecule has 0 fully saturated rings. The first-order valence-electron chi connectivity index (χ1n) is 8.87. The molecule has 0 aliphatic rings. The van der Waals surface area contributed by atoms with E-state index in [1.54, 1.807) is 29.2 Å². The van der Waals surface area contributed by atoms with Crippen LogP contribution in [0.1, 0.15) is 23.0 Å². The summed E-state index contributed by atoms with van der Waals surface area (Å²) in [7, 11) is 0. The number of carbonyl (C=O) groups excluding carboxylic acids is 1. The molecule has 138 valence electrons. The Bertz CT molecular complexity index is 1020. The number of benzene rings is 2. The summed E-state index contributed by atoms with van der Waals surface area (Å²) in [6.07, 6.45) is 1.67. The predicted octanol–water partition coefficient (Wildman–Crippen LogP) is 3.76. The van der Waals surface area contributed by atoms with E-state index in [0.717, 1.165) is 11.3 Å². The third-order valence-electron chi connectivity index (χ3n) is 4.24. The Labute approximate surface area is 157 Å². The molecule has 3 rings (SSSR count). The molecule has 0 spiro atoms. The maximum Gasteiger partial charge on any atom is 0.271 e. The van der Waals surface area contributed by atoms with Gasteiger partial charge in [0.1, 0.15) is 11.4 Å². The Hall–Kier alpha value is -3.34. The minimum Gasteiger partial charge on any atom is -0.494 e. The molecule has 3 aromatic rings. The van der Waals surface area contributed by atoms with E-state index in [1.165, 1.54) is 6.07 Å². The first kappa shape index (κ1) is 18.5. The van der Waals surface area contributed by atoms with Crippen LogP contribution in [0.4, 0.5) is 0 Å². The largest absolute Gasteiger partial charge is 0.494 e. The highest BCUT2D eigenvalue weighted by molar-refractivity contribution is 5.95. The number of ether oxygens (including phenoxy) is 1. The average Bonchev–Trinajstić information content (AvgIpc) is 2.68. The van der Waals surface area contributed by atoms with Crippen molar-refractivity contribution in [3.63, 3.8) is 0 Å². The van der Waals surface area contributed by atoms with Gasteiger partial charge in [-0.05, 0) is 25.1 Å². The first-order chi connectivity index (χ1) is 13.1. The van der Waals surface area contributed by atoms with E-state index in [0.29, 0.717) is 30.6 Å².